The van der Waals surface area contributed by atoms with E-state index in [-0.39, 0.29) is 18.4 Å². The lowest BCUT2D eigenvalue weighted by Gasteiger charge is -2.26. The molecule has 0 saturated carbocycles. The van der Waals surface area contributed by atoms with E-state index in [1.807, 2.05) is 19.9 Å². The molecule has 1 N–H and O–H groups in total. The van der Waals surface area contributed by atoms with E-state index in [1.165, 1.54) is 16.9 Å². The molecule has 0 atom stereocenters. The summed E-state index contributed by atoms with van der Waals surface area (Å²) < 4.78 is 0. The van der Waals surface area contributed by atoms with E-state index in [4.69, 9.17) is 5.11 Å². The van der Waals surface area contributed by atoms with Gasteiger partial charge in [-0.15, -0.1) is 11.3 Å². The van der Waals surface area contributed by atoms with Gasteiger partial charge in [-0.1, -0.05) is 0 Å². The Morgan fingerprint density at radius 1 is 1.40 bits per heavy atom. The minimum atomic E-state index is -0.809. The van der Waals surface area contributed by atoms with E-state index in [2.05, 4.69) is 0 Å². The molecule has 2 rings (SSSR count). The number of carboxylic acid groups (broad SMARTS) is 1. The number of thiophene rings is 1. The Hall–Kier alpha value is -1.36. The summed E-state index contributed by atoms with van der Waals surface area (Å²) >= 11 is 1.61. The average molecular weight is 295 g/mol. The predicted molar refractivity (Wildman–Crippen MR) is 79.4 cm³/mol. The number of carbonyl (C=O) groups excluding carboxylic acids is 1. The molecule has 1 aliphatic rings. The van der Waals surface area contributed by atoms with Gasteiger partial charge in [-0.3, -0.25) is 9.59 Å². The normalized spacial score (nSPS) is 13.6. The number of hydrogen-bond acceptors (Lipinski definition) is 3. The number of nitrogens with zero attached hydrogens (tertiary/aromatic N) is 1. The molecule has 0 fully saturated rings. The van der Waals surface area contributed by atoms with Gasteiger partial charge < -0.3 is 10.0 Å². The maximum absolute atomic E-state index is 12.6. The Bertz CT molecular complexity index is 486. The van der Waals surface area contributed by atoms with Crippen LogP contribution in [0.2, 0.25) is 0 Å². The second kappa shape index (κ2) is 6.39. The molecule has 0 aliphatic heterocycles. The molecule has 1 aromatic heterocycles. The Balaban J connectivity index is 2.04. The highest BCUT2D eigenvalue weighted by Crippen LogP contribution is 2.31. The zero-order chi connectivity index (χ0) is 14.7. The number of hydrogen-bond donors (Lipinski definition) is 1. The zero-order valence-electron chi connectivity index (χ0n) is 12.0. The molecular formula is C15H21NO3S. The number of aliphatic carboxylic acids is 1. The standard InChI is InChI=1S/C15H21NO3S/c1-10(2)16(8-4-7-14(17)18)15(19)13-9-11-5-3-6-12(11)20-13/h9-10H,3-8H2,1-2H3,(H,17,18). The lowest BCUT2D eigenvalue weighted by Crippen LogP contribution is -2.37. The number of fused-ring (bicyclic) bond motifs is 1. The van der Waals surface area contributed by atoms with Gasteiger partial charge in [0.15, 0.2) is 0 Å². The van der Waals surface area contributed by atoms with Gasteiger partial charge in [-0.2, -0.15) is 0 Å². The second-order valence-corrected chi connectivity index (χ2v) is 6.64. The summed E-state index contributed by atoms with van der Waals surface area (Å²) in [5.41, 5.74) is 1.33. The van der Waals surface area contributed by atoms with Crippen LogP contribution in [-0.2, 0) is 17.6 Å². The number of carboxylic acids is 1. The molecule has 0 spiro atoms. The van der Waals surface area contributed by atoms with Crippen molar-refractivity contribution in [3.05, 3.63) is 21.4 Å². The van der Waals surface area contributed by atoms with Crippen LogP contribution in [0.15, 0.2) is 6.07 Å². The fourth-order valence-corrected chi connectivity index (χ4v) is 3.78. The molecule has 0 aromatic carbocycles. The fraction of sp³-hybridized carbons (Fsp3) is 0.600. The van der Waals surface area contributed by atoms with Crippen LogP contribution in [0, 0.1) is 0 Å². The van der Waals surface area contributed by atoms with Crippen LogP contribution in [0.1, 0.15) is 53.2 Å². The van der Waals surface area contributed by atoms with Crippen molar-refractivity contribution in [3.63, 3.8) is 0 Å². The van der Waals surface area contributed by atoms with Crippen molar-refractivity contribution in [3.8, 4) is 0 Å². The van der Waals surface area contributed by atoms with E-state index in [0.717, 1.165) is 17.7 Å². The highest BCUT2D eigenvalue weighted by molar-refractivity contribution is 7.14. The number of rotatable bonds is 6. The van der Waals surface area contributed by atoms with Crippen molar-refractivity contribution in [1.29, 1.82) is 0 Å². The van der Waals surface area contributed by atoms with Gasteiger partial charge in [0.1, 0.15) is 0 Å². The molecule has 0 unspecified atom stereocenters. The first-order chi connectivity index (χ1) is 9.49. The average Bonchev–Trinajstić information content (AvgIpc) is 2.93. The summed E-state index contributed by atoms with van der Waals surface area (Å²) in [6.45, 7) is 4.45. The maximum atomic E-state index is 12.6. The van der Waals surface area contributed by atoms with Crippen LogP contribution in [0.4, 0.5) is 0 Å². The summed E-state index contributed by atoms with van der Waals surface area (Å²) in [5.74, 6) is -0.763. The van der Waals surface area contributed by atoms with E-state index in [0.29, 0.717) is 13.0 Å². The zero-order valence-corrected chi connectivity index (χ0v) is 12.8. The lowest BCUT2D eigenvalue weighted by atomic mass is 10.2. The monoisotopic (exact) mass is 295 g/mol. The molecule has 0 radical (unpaired) electrons. The van der Waals surface area contributed by atoms with Gasteiger partial charge in [0, 0.05) is 23.9 Å². The van der Waals surface area contributed by atoms with E-state index in [9.17, 15) is 9.59 Å². The van der Waals surface area contributed by atoms with Crippen LogP contribution in [0.5, 0.6) is 0 Å². The van der Waals surface area contributed by atoms with E-state index in [1.54, 1.807) is 16.2 Å². The quantitative estimate of drug-likeness (QED) is 0.878. The third kappa shape index (κ3) is 3.39. The van der Waals surface area contributed by atoms with E-state index < -0.39 is 5.97 Å². The van der Waals surface area contributed by atoms with E-state index >= 15 is 0 Å². The molecule has 0 bridgehead atoms. The minimum absolute atomic E-state index is 0.0461. The van der Waals surface area contributed by atoms with Crippen molar-refractivity contribution in [2.45, 2.75) is 52.0 Å². The third-order valence-corrected chi connectivity index (χ3v) is 4.86. The Labute approximate surface area is 123 Å². The van der Waals surface area contributed by atoms with Crippen molar-refractivity contribution in [1.82, 2.24) is 4.90 Å². The Kier molecular flexibility index (Phi) is 4.81. The first-order valence-corrected chi connectivity index (χ1v) is 7.95. The van der Waals surface area contributed by atoms with Gasteiger partial charge in [-0.05, 0) is 51.2 Å². The summed E-state index contributed by atoms with van der Waals surface area (Å²) in [4.78, 5) is 27.1. The van der Waals surface area contributed by atoms with Crippen LogP contribution < -0.4 is 0 Å². The molecule has 1 amide bonds. The van der Waals surface area contributed by atoms with Crippen molar-refractivity contribution in [2.75, 3.05) is 6.54 Å². The first-order valence-electron chi connectivity index (χ1n) is 7.13. The molecular weight excluding hydrogens is 274 g/mol. The molecule has 1 heterocycles. The maximum Gasteiger partial charge on any atom is 0.303 e. The SMILES string of the molecule is CC(C)N(CCCC(=O)O)C(=O)c1cc2c(s1)CCC2. The van der Waals surface area contributed by atoms with Crippen LogP contribution >= 0.6 is 11.3 Å². The molecule has 0 saturated heterocycles. The molecule has 1 aliphatic carbocycles. The highest BCUT2D eigenvalue weighted by atomic mass is 32.1. The molecule has 110 valence electrons. The number of amides is 1. The molecule has 5 heteroatoms. The summed E-state index contributed by atoms with van der Waals surface area (Å²) in [6, 6.07) is 2.12. The third-order valence-electron chi connectivity index (χ3n) is 3.63. The van der Waals surface area contributed by atoms with Crippen molar-refractivity contribution < 1.29 is 14.7 Å². The predicted octanol–water partition coefficient (Wildman–Crippen LogP) is 2.95. The number of carbonyl (C=O) groups is 2. The van der Waals surface area contributed by atoms with Crippen LogP contribution in [0.3, 0.4) is 0 Å². The van der Waals surface area contributed by atoms with Crippen LogP contribution in [0.25, 0.3) is 0 Å². The fourth-order valence-electron chi connectivity index (χ4n) is 2.57. The van der Waals surface area contributed by atoms with Crippen molar-refractivity contribution in [2.24, 2.45) is 0 Å². The van der Waals surface area contributed by atoms with Gasteiger partial charge >= 0.3 is 5.97 Å². The lowest BCUT2D eigenvalue weighted by molar-refractivity contribution is -0.137. The second-order valence-electron chi connectivity index (χ2n) is 5.50. The Morgan fingerprint density at radius 2 is 2.15 bits per heavy atom. The van der Waals surface area contributed by atoms with Gasteiger partial charge in [-0.25, -0.2) is 0 Å². The molecule has 1 aromatic rings. The van der Waals surface area contributed by atoms with Gasteiger partial charge in [0.05, 0.1) is 4.88 Å². The van der Waals surface area contributed by atoms with Gasteiger partial charge in [0.2, 0.25) is 0 Å². The first kappa shape index (κ1) is 15.0. The minimum Gasteiger partial charge on any atom is -0.481 e. The number of aryl methyl sites for hydroxylation is 2. The smallest absolute Gasteiger partial charge is 0.303 e. The highest BCUT2D eigenvalue weighted by Gasteiger charge is 2.23. The summed E-state index contributed by atoms with van der Waals surface area (Å²) in [6.07, 6.45) is 3.98. The summed E-state index contributed by atoms with van der Waals surface area (Å²) in [5, 5.41) is 8.70. The summed E-state index contributed by atoms with van der Waals surface area (Å²) in [7, 11) is 0. The largest absolute Gasteiger partial charge is 0.481 e. The van der Waals surface area contributed by atoms with Gasteiger partial charge in [0.25, 0.3) is 5.91 Å². The Morgan fingerprint density at radius 3 is 2.75 bits per heavy atom. The van der Waals surface area contributed by atoms with Crippen molar-refractivity contribution >= 4 is 23.2 Å². The molecule has 20 heavy (non-hydrogen) atoms. The molecule has 4 nitrogen and oxygen atoms in total. The topological polar surface area (TPSA) is 57.6 Å². The van der Waals surface area contributed by atoms with Crippen LogP contribution in [-0.4, -0.2) is 34.5 Å².